The molecule has 0 saturated carbocycles. The molecule has 0 saturated heterocycles. The van der Waals surface area contributed by atoms with Crippen LogP contribution in [0.15, 0.2) is 71.1 Å². The molecule has 0 fully saturated rings. The zero-order chi connectivity index (χ0) is 21.5. The largest absolute Gasteiger partial charge is 0.416 e. The summed E-state index contributed by atoms with van der Waals surface area (Å²) < 4.78 is 67.3. The van der Waals surface area contributed by atoms with Crippen molar-refractivity contribution in [3.8, 4) is 0 Å². The number of hydrogen-bond acceptors (Lipinski definition) is 2. The molecule has 0 unspecified atom stereocenters. The summed E-state index contributed by atoms with van der Waals surface area (Å²) >= 11 is 0. The molecular formula is C22H26F3NO2S. The molecule has 0 aliphatic carbocycles. The van der Waals surface area contributed by atoms with Gasteiger partial charge in [-0.15, -0.1) is 0 Å². The molecule has 0 aromatic heterocycles. The number of allylic oxidation sites excluding steroid dienone is 1. The number of halogens is 3. The SMILES string of the molecule is CCCC=C(CCC)[C@@H](NS(=O)(=O)c1ccccc1)c1ccc(C(F)(F)F)cc1. The molecule has 2 rings (SSSR count). The van der Waals surface area contributed by atoms with Crippen molar-refractivity contribution in [1.82, 2.24) is 4.72 Å². The van der Waals surface area contributed by atoms with Gasteiger partial charge in [-0.25, -0.2) is 8.42 Å². The van der Waals surface area contributed by atoms with Crippen molar-refractivity contribution in [2.75, 3.05) is 0 Å². The van der Waals surface area contributed by atoms with Crippen LogP contribution in [-0.4, -0.2) is 8.42 Å². The summed E-state index contributed by atoms with van der Waals surface area (Å²) in [5, 5.41) is 0. The normalized spacial score (nSPS) is 14.0. The lowest BCUT2D eigenvalue weighted by molar-refractivity contribution is -0.137. The van der Waals surface area contributed by atoms with E-state index in [2.05, 4.69) is 4.72 Å². The van der Waals surface area contributed by atoms with E-state index in [-0.39, 0.29) is 4.90 Å². The van der Waals surface area contributed by atoms with Gasteiger partial charge in [0.1, 0.15) is 0 Å². The van der Waals surface area contributed by atoms with E-state index in [0.29, 0.717) is 12.0 Å². The van der Waals surface area contributed by atoms with Crippen LogP contribution in [0.25, 0.3) is 0 Å². The molecule has 0 radical (unpaired) electrons. The Kier molecular flexibility index (Phi) is 8.05. The number of unbranched alkanes of at least 4 members (excludes halogenated alkanes) is 1. The van der Waals surface area contributed by atoms with Gasteiger partial charge >= 0.3 is 6.18 Å². The number of rotatable bonds is 9. The second-order valence-electron chi connectivity index (χ2n) is 6.80. The van der Waals surface area contributed by atoms with E-state index in [0.717, 1.165) is 37.0 Å². The lowest BCUT2D eigenvalue weighted by Crippen LogP contribution is -2.30. The maximum atomic E-state index is 12.9. The molecule has 0 bridgehead atoms. The van der Waals surface area contributed by atoms with E-state index in [9.17, 15) is 21.6 Å². The first kappa shape index (κ1) is 23.2. The predicted molar refractivity (Wildman–Crippen MR) is 109 cm³/mol. The minimum absolute atomic E-state index is 0.114. The molecule has 0 spiro atoms. The van der Waals surface area contributed by atoms with Gasteiger partial charge in [-0.05, 0) is 42.7 Å². The van der Waals surface area contributed by atoms with Gasteiger partial charge in [-0.3, -0.25) is 0 Å². The number of alkyl halides is 3. The molecule has 0 amide bonds. The predicted octanol–water partition coefficient (Wildman–Crippen LogP) is 6.25. The third-order valence-corrected chi connectivity index (χ3v) is 5.94. The van der Waals surface area contributed by atoms with E-state index in [1.165, 1.54) is 24.3 Å². The Morgan fingerprint density at radius 2 is 1.62 bits per heavy atom. The number of nitrogens with one attached hydrogen (secondary N) is 1. The fraction of sp³-hybridized carbons (Fsp3) is 0.364. The Hall–Kier alpha value is -2.12. The van der Waals surface area contributed by atoms with Crippen LogP contribution in [0.1, 0.15) is 56.7 Å². The van der Waals surface area contributed by atoms with Crippen LogP contribution in [0.2, 0.25) is 0 Å². The molecule has 1 N–H and O–H groups in total. The summed E-state index contributed by atoms with van der Waals surface area (Å²) in [6, 6.07) is 11.9. The zero-order valence-corrected chi connectivity index (χ0v) is 17.4. The van der Waals surface area contributed by atoms with Crippen LogP contribution in [0.3, 0.4) is 0 Å². The minimum Gasteiger partial charge on any atom is -0.207 e. The fourth-order valence-electron chi connectivity index (χ4n) is 3.03. The van der Waals surface area contributed by atoms with E-state index in [1.54, 1.807) is 18.2 Å². The summed E-state index contributed by atoms with van der Waals surface area (Å²) in [5.41, 5.74) is 0.572. The third-order valence-electron chi connectivity index (χ3n) is 4.50. The van der Waals surface area contributed by atoms with Gasteiger partial charge in [0.25, 0.3) is 0 Å². The molecule has 0 aliphatic rings. The van der Waals surface area contributed by atoms with Crippen LogP contribution in [0.5, 0.6) is 0 Å². The molecule has 158 valence electrons. The monoisotopic (exact) mass is 425 g/mol. The van der Waals surface area contributed by atoms with Gasteiger partial charge in [0.15, 0.2) is 0 Å². The van der Waals surface area contributed by atoms with E-state index in [4.69, 9.17) is 0 Å². The quantitative estimate of drug-likeness (QED) is 0.483. The van der Waals surface area contributed by atoms with Crippen molar-refractivity contribution in [3.05, 3.63) is 77.4 Å². The van der Waals surface area contributed by atoms with Crippen molar-refractivity contribution in [2.45, 2.75) is 56.6 Å². The second kappa shape index (κ2) is 10.1. The van der Waals surface area contributed by atoms with E-state index in [1.807, 2.05) is 19.9 Å². The first-order valence-electron chi connectivity index (χ1n) is 9.62. The van der Waals surface area contributed by atoms with Gasteiger partial charge in [0.05, 0.1) is 16.5 Å². The third kappa shape index (κ3) is 6.44. The van der Waals surface area contributed by atoms with Crippen LogP contribution < -0.4 is 4.72 Å². The molecule has 3 nitrogen and oxygen atoms in total. The fourth-order valence-corrected chi connectivity index (χ4v) is 4.28. The Bertz CT molecular complexity index is 905. The number of sulfonamides is 1. The number of hydrogen-bond donors (Lipinski definition) is 1. The topological polar surface area (TPSA) is 46.2 Å². The molecule has 0 heterocycles. The molecule has 2 aromatic rings. The molecule has 0 aliphatic heterocycles. The summed E-state index contributed by atoms with van der Waals surface area (Å²) in [6.45, 7) is 4.00. The van der Waals surface area contributed by atoms with Crippen LogP contribution in [0.4, 0.5) is 13.2 Å². The summed E-state index contributed by atoms with van der Waals surface area (Å²) in [6.07, 6.45) is 0.627. The van der Waals surface area contributed by atoms with Crippen molar-refractivity contribution in [3.63, 3.8) is 0 Å². The van der Waals surface area contributed by atoms with Crippen molar-refractivity contribution >= 4 is 10.0 Å². The first-order valence-corrected chi connectivity index (χ1v) is 11.1. The zero-order valence-electron chi connectivity index (χ0n) is 16.5. The summed E-state index contributed by atoms with van der Waals surface area (Å²) in [5.74, 6) is 0. The molecule has 7 heteroatoms. The van der Waals surface area contributed by atoms with Crippen LogP contribution in [0, 0.1) is 0 Å². The summed E-state index contributed by atoms with van der Waals surface area (Å²) in [7, 11) is -3.85. The second-order valence-corrected chi connectivity index (χ2v) is 8.52. The Morgan fingerprint density at radius 1 is 1.00 bits per heavy atom. The minimum atomic E-state index is -4.44. The van der Waals surface area contributed by atoms with Crippen molar-refractivity contribution in [1.29, 1.82) is 0 Å². The maximum Gasteiger partial charge on any atom is 0.416 e. The van der Waals surface area contributed by atoms with Gasteiger partial charge < -0.3 is 0 Å². The number of benzene rings is 2. The van der Waals surface area contributed by atoms with Crippen LogP contribution >= 0.6 is 0 Å². The molecule has 2 aromatic carbocycles. The average molecular weight is 426 g/mol. The Balaban J connectivity index is 2.48. The summed E-state index contributed by atoms with van der Waals surface area (Å²) in [4.78, 5) is 0.114. The average Bonchev–Trinajstić information content (AvgIpc) is 2.70. The molecule has 29 heavy (non-hydrogen) atoms. The van der Waals surface area contributed by atoms with Gasteiger partial charge in [-0.2, -0.15) is 17.9 Å². The lowest BCUT2D eigenvalue weighted by Gasteiger charge is -2.23. The van der Waals surface area contributed by atoms with Crippen molar-refractivity contribution < 1.29 is 21.6 Å². The maximum absolute atomic E-state index is 12.9. The Morgan fingerprint density at radius 3 is 2.14 bits per heavy atom. The highest BCUT2D eigenvalue weighted by molar-refractivity contribution is 7.89. The van der Waals surface area contributed by atoms with Gasteiger partial charge in [0.2, 0.25) is 10.0 Å². The Labute approximate surface area is 170 Å². The van der Waals surface area contributed by atoms with E-state index < -0.39 is 27.8 Å². The highest BCUT2D eigenvalue weighted by atomic mass is 32.2. The van der Waals surface area contributed by atoms with Gasteiger partial charge in [0, 0.05) is 0 Å². The van der Waals surface area contributed by atoms with Crippen molar-refractivity contribution in [2.24, 2.45) is 0 Å². The smallest absolute Gasteiger partial charge is 0.207 e. The standard InChI is InChI=1S/C22H26F3NO2S/c1-3-5-10-17(9-4-2)21(18-13-15-19(16-14-18)22(23,24)25)26-29(27,28)20-11-7-6-8-12-20/h6-8,10-16,21,26H,3-5,9H2,1-2H3/t21-/m1/s1. The highest BCUT2D eigenvalue weighted by Crippen LogP contribution is 2.33. The lowest BCUT2D eigenvalue weighted by atomic mass is 9.94. The first-order chi connectivity index (χ1) is 13.7. The molecular weight excluding hydrogens is 399 g/mol. The molecule has 1 atom stereocenters. The highest BCUT2D eigenvalue weighted by Gasteiger charge is 2.31. The van der Waals surface area contributed by atoms with E-state index >= 15 is 0 Å². The van der Waals surface area contributed by atoms with Gasteiger partial charge in [-0.1, -0.05) is 68.7 Å². The van der Waals surface area contributed by atoms with Crippen LogP contribution in [-0.2, 0) is 16.2 Å².